The van der Waals surface area contributed by atoms with E-state index >= 15 is 0 Å². The number of hydrogen-bond donors (Lipinski definition) is 2. The van der Waals surface area contributed by atoms with Crippen molar-refractivity contribution in [2.45, 2.75) is 38.9 Å². The van der Waals surface area contributed by atoms with E-state index in [2.05, 4.69) is 72.9 Å². The summed E-state index contributed by atoms with van der Waals surface area (Å²) in [6.45, 7) is 3.78. The molecule has 4 heteroatoms. The zero-order chi connectivity index (χ0) is 16.1. The van der Waals surface area contributed by atoms with Crippen molar-refractivity contribution in [1.82, 2.24) is 5.32 Å². The van der Waals surface area contributed by atoms with E-state index in [9.17, 15) is 0 Å². The highest BCUT2D eigenvalue weighted by molar-refractivity contribution is 5.85. The van der Waals surface area contributed by atoms with Gasteiger partial charge in [0.2, 0.25) is 0 Å². The molecule has 2 unspecified atom stereocenters. The molecule has 1 aliphatic carbocycles. The van der Waals surface area contributed by atoms with Crippen molar-refractivity contribution >= 4 is 30.9 Å². The summed E-state index contributed by atoms with van der Waals surface area (Å²) >= 11 is 0. The fourth-order valence-corrected chi connectivity index (χ4v) is 3.24. The van der Waals surface area contributed by atoms with E-state index in [0.717, 1.165) is 13.0 Å². The molecule has 25 heavy (non-hydrogen) atoms. The third-order valence-electron chi connectivity index (χ3n) is 4.72. The molecule has 1 saturated carbocycles. The highest BCUT2D eigenvalue weighted by Gasteiger charge is 2.38. The lowest BCUT2D eigenvalue weighted by molar-refractivity contribution is 0.651. The second-order valence-corrected chi connectivity index (χ2v) is 6.29. The second kappa shape index (κ2) is 10.6. The average molecular weight is 379 g/mol. The molecule has 1 aliphatic rings. The molecule has 2 atom stereocenters. The Morgan fingerprint density at radius 3 is 2.32 bits per heavy atom. The highest BCUT2D eigenvalue weighted by atomic mass is 35.5. The van der Waals surface area contributed by atoms with Gasteiger partial charge in [-0.2, -0.15) is 0 Å². The van der Waals surface area contributed by atoms with Crippen LogP contribution in [0.25, 0.3) is 6.08 Å². The molecule has 2 nitrogen and oxygen atoms in total. The maximum atomic E-state index is 5.82. The van der Waals surface area contributed by atoms with Gasteiger partial charge in [-0.05, 0) is 35.4 Å². The van der Waals surface area contributed by atoms with Gasteiger partial charge in [-0.25, -0.2) is 0 Å². The van der Waals surface area contributed by atoms with Crippen molar-refractivity contribution < 1.29 is 0 Å². The largest absolute Gasteiger partial charge is 0.326 e. The molecule has 136 valence electrons. The summed E-state index contributed by atoms with van der Waals surface area (Å²) < 4.78 is 0. The first-order valence-corrected chi connectivity index (χ1v) is 8.57. The number of nitrogens with two attached hydrogens (primary N) is 1. The minimum absolute atomic E-state index is 0. The lowest BCUT2D eigenvalue weighted by atomic mass is 10.0. The van der Waals surface area contributed by atoms with Gasteiger partial charge in [0.15, 0.2) is 0 Å². The number of rotatable bonds is 7. The minimum Gasteiger partial charge on any atom is -0.326 e. The molecular formula is C21H28Cl2N2. The van der Waals surface area contributed by atoms with Crippen LogP contribution in [0.4, 0.5) is 0 Å². The van der Waals surface area contributed by atoms with Crippen LogP contribution in [-0.2, 0) is 13.1 Å². The zero-order valence-corrected chi connectivity index (χ0v) is 16.3. The fraction of sp³-hybridized carbons (Fsp3) is 0.333. The van der Waals surface area contributed by atoms with Crippen LogP contribution in [0.5, 0.6) is 0 Å². The summed E-state index contributed by atoms with van der Waals surface area (Å²) in [5.74, 6) is 0.685. The van der Waals surface area contributed by atoms with Gasteiger partial charge in [0.05, 0.1) is 0 Å². The molecule has 3 rings (SSSR count). The van der Waals surface area contributed by atoms with E-state index in [1.807, 2.05) is 0 Å². The van der Waals surface area contributed by atoms with Gasteiger partial charge in [-0.15, -0.1) is 24.8 Å². The molecule has 0 spiro atoms. The molecule has 0 aliphatic heterocycles. The predicted molar refractivity (Wildman–Crippen MR) is 112 cm³/mol. The summed E-state index contributed by atoms with van der Waals surface area (Å²) in [4.78, 5) is 0. The van der Waals surface area contributed by atoms with Crippen LogP contribution in [0.2, 0.25) is 0 Å². The van der Waals surface area contributed by atoms with Gasteiger partial charge in [0.1, 0.15) is 0 Å². The van der Waals surface area contributed by atoms with Gasteiger partial charge in [-0.3, -0.25) is 0 Å². The summed E-state index contributed by atoms with van der Waals surface area (Å²) in [6.07, 6.45) is 4.73. The van der Waals surface area contributed by atoms with Gasteiger partial charge in [0, 0.05) is 19.1 Å². The standard InChI is InChI=1S/C21H26N2.2ClH/c1-2-17(12-16-8-4-3-5-9-16)20-13-21(20)23-15-19-11-7-6-10-18(19)14-22;;/h3-12,20-21,23H,2,13-15,22H2,1H3;2*1H/b17-12+;;. The molecular weight excluding hydrogens is 351 g/mol. The van der Waals surface area contributed by atoms with E-state index in [1.165, 1.54) is 23.1 Å². The first-order chi connectivity index (χ1) is 11.3. The van der Waals surface area contributed by atoms with Gasteiger partial charge >= 0.3 is 0 Å². The number of halogens is 2. The quantitative estimate of drug-likeness (QED) is 0.714. The van der Waals surface area contributed by atoms with Crippen LogP contribution in [0, 0.1) is 5.92 Å². The monoisotopic (exact) mass is 378 g/mol. The van der Waals surface area contributed by atoms with Crippen molar-refractivity contribution in [2.24, 2.45) is 11.7 Å². The molecule has 2 aromatic rings. The maximum absolute atomic E-state index is 5.82. The Labute approximate surface area is 163 Å². The number of hydrogen-bond acceptors (Lipinski definition) is 2. The Morgan fingerprint density at radius 2 is 1.68 bits per heavy atom. The van der Waals surface area contributed by atoms with Crippen molar-refractivity contribution in [3.63, 3.8) is 0 Å². The Kier molecular flexibility index (Phi) is 9.23. The van der Waals surface area contributed by atoms with Crippen LogP contribution in [-0.4, -0.2) is 6.04 Å². The molecule has 0 heterocycles. The van der Waals surface area contributed by atoms with E-state index in [0.29, 0.717) is 18.5 Å². The molecule has 1 fully saturated rings. The third kappa shape index (κ3) is 5.86. The Morgan fingerprint density at radius 1 is 1.04 bits per heavy atom. The van der Waals surface area contributed by atoms with Gasteiger partial charge < -0.3 is 11.1 Å². The smallest absolute Gasteiger partial charge is 0.0211 e. The lowest BCUT2D eigenvalue weighted by Gasteiger charge is -2.10. The fourth-order valence-electron chi connectivity index (χ4n) is 3.24. The molecule has 0 radical (unpaired) electrons. The topological polar surface area (TPSA) is 38.0 Å². The van der Waals surface area contributed by atoms with E-state index in [4.69, 9.17) is 5.73 Å². The third-order valence-corrected chi connectivity index (χ3v) is 4.72. The van der Waals surface area contributed by atoms with Gasteiger partial charge in [-0.1, -0.05) is 73.2 Å². The Balaban J connectivity index is 0.00000156. The molecule has 0 saturated heterocycles. The molecule has 2 aromatic carbocycles. The van der Waals surface area contributed by atoms with E-state index in [-0.39, 0.29) is 24.8 Å². The molecule has 0 aromatic heterocycles. The van der Waals surface area contributed by atoms with Crippen molar-refractivity contribution in [1.29, 1.82) is 0 Å². The molecule has 0 amide bonds. The minimum atomic E-state index is 0. The first-order valence-electron chi connectivity index (χ1n) is 8.57. The summed E-state index contributed by atoms with van der Waals surface area (Å²) in [7, 11) is 0. The van der Waals surface area contributed by atoms with Crippen LogP contribution < -0.4 is 11.1 Å². The highest BCUT2D eigenvalue weighted by Crippen LogP contribution is 2.39. The lowest BCUT2D eigenvalue weighted by Crippen LogP contribution is -2.19. The second-order valence-electron chi connectivity index (χ2n) is 6.29. The van der Waals surface area contributed by atoms with Crippen LogP contribution in [0.1, 0.15) is 36.5 Å². The van der Waals surface area contributed by atoms with Crippen LogP contribution in [0.3, 0.4) is 0 Å². The maximum Gasteiger partial charge on any atom is 0.0211 e. The van der Waals surface area contributed by atoms with Crippen LogP contribution >= 0.6 is 24.8 Å². The normalized spacial score (nSPS) is 18.9. The molecule has 3 N–H and O–H groups in total. The number of nitrogens with one attached hydrogen (secondary N) is 1. The summed E-state index contributed by atoms with van der Waals surface area (Å²) in [5, 5.41) is 3.70. The van der Waals surface area contributed by atoms with Crippen molar-refractivity contribution in [3.05, 3.63) is 76.9 Å². The van der Waals surface area contributed by atoms with Crippen LogP contribution in [0.15, 0.2) is 60.2 Å². The zero-order valence-electron chi connectivity index (χ0n) is 14.7. The first kappa shape index (κ1) is 21.7. The van der Waals surface area contributed by atoms with Crippen molar-refractivity contribution in [2.75, 3.05) is 0 Å². The average Bonchev–Trinajstić information content (AvgIpc) is 3.38. The SMILES string of the molecule is CC/C(=C\c1ccccc1)C1CC1NCc1ccccc1CN.Cl.Cl. The Hall–Kier alpha value is -1.32. The van der Waals surface area contributed by atoms with Crippen molar-refractivity contribution in [3.8, 4) is 0 Å². The molecule has 0 bridgehead atoms. The summed E-state index contributed by atoms with van der Waals surface area (Å²) in [5.41, 5.74) is 11.3. The van der Waals surface area contributed by atoms with Gasteiger partial charge in [0.25, 0.3) is 0 Å². The summed E-state index contributed by atoms with van der Waals surface area (Å²) in [6, 6.07) is 19.7. The van der Waals surface area contributed by atoms with E-state index < -0.39 is 0 Å². The number of benzene rings is 2. The van der Waals surface area contributed by atoms with E-state index in [1.54, 1.807) is 5.57 Å². The Bertz CT molecular complexity index is 671. The predicted octanol–water partition coefficient (Wildman–Crippen LogP) is 4.96.